The molecular formula is C18H24ClN3O5. The summed E-state index contributed by atoms with van der Waals surface area (Å²) in [6, 6.07) is 3.53. The lowest BCUT2D eigenvalue weighted by Gasteiger charge is -2.34. The topological polar surface area (TPSA) is 91.3 Å². The number of nitrogens with zero attached hydrogens (tertiary/aromatic N) is 2. The van der Waals surface area contributed by atoms with Crippen molar-refractivity contribution in [1.82, 2.24) is 15.1 Å². The van der Waals surface area contributed by atoms with Crippen LogP contribution in [0.3, 0.4) is 0 Å². The van der Waals surface area contributed by atoms with Crippen molar-refractivity contribution in [3.05, 3.63) is 28.3 Å². The number of nitrogens with one attached hydrogen (secondary N) is 1. The van der Waals surface area contributed by atoms with Gasteiger partial charge in [-0.1, -0.05) is 11.6 Å². The van der Waals surface area contributed by atoms with Crippen molar-refractivity contribution >= 4 is 23.6 Å². The Morgan fingerprint density at radius 3 is 3.00 bits per heavy atom. The second kappa shape index (κ2) is 8.77. The largest absolute Gasteiger partial charge is 0.493 e. The molecule has 0 aromatic heterocycles. The first kappa shape index (κ1) is 19.7. The van der Waals surface area contributed by atoms with Gasteiger partial charge in [0.25, 0.3) is 0 Å². The quantitative estimate of drug-likeness (QED) is 0.749. The standard InChI is InChI=1S/C18H24ClN3O5/c1-21(11-16(23)24)9-15-10-22(3-5-26-15)18(25)20-8-13-7-14(19)6-12-2-4-27-17(12)13/h6-7,15H,2-5,8-11H2,1H3,(H,20,25)(H,23,24). The number of aliphatic carboxylic acids is 1. The fourth-order valence-electron chi connectivity index (χ4n) is 3.42. The van der Waals surface area contributed by atoms with Gasteiger partial charge in [-0.2, -0.15) is 0 Å². The van der Waals surface area contributed by atoms with Crippen LogP contribution in [0.2, 0.25) is 5.02 Å². The number of urea groups is 1. The Bertz CT molecular complexity index is 714. The highest BCUT2D eigenvalue weighted by atomic mass is 35.5. The van der Waals surface area contributed by atoms with Gasteiger partial charge >= 0.3 is 12.0 Å². The number of likely N-dealkylation sites (N-methyl/N-ethyl adjacent to an activating group) is 1. The summed E-state index contributed by atoms with van der Waals surface area (Å²) in [5.41, 5.74) is 1.94. The van der Waals surface area contributed by atoms with Gasteiger partial charge in [0.1, 0.15) is 5.75 Å². The van der Waals surface area contributed by atoms with Gasteiger partial charge in [-0.15, -0.1) is 0 Å². The molecule has 148 valence electrons. The molecule has 2 aliphatic rings. The Kier molecular flexibility index (Phi) is 6.41. The lowest BCUT2D eigenvalue weighted by atomic mass is 10.1. The van der Waals surface area contributed by atoms with Crippen LogP contribution in [0.15, 0.2) is 12.1 Å². The maximum atomic E-state index is 12.5. The Morgan fingerprint density at radius 2 is 2.22 bits per heavy atom. The molecule has 1 unspecified atom stereocenters. The Labute approximate surface area is 163 Å². The molecule has 8 nitrogen and oxygen atoms in total. The van der Waals surface area contributed by atoms with Crippen LogP contribution in [-0.4, -0.2) is 79.5 Å². The van der Waals surface area contributed by atoms with E-state index < -0.39 is 5.97 Å². The lowest BCUT2D eigenvalue weighted by Crippen LogP contribution is -2.52. The molecule has 2 amide bonds. The number of morpholine rings is 1. The number of carboxylic acids is 1. The number of rotatable bonds is 6. The Morgan fingerprint density at radius 1 is 1.41 bits per heavy atom. The zero-order valence-corrected chi connectivity index (χ0v) is 16.0. The number of carboxylic acid groups (broad SMARTS) is 1. The van der Waals surface area contributed by atoms with Crippen LogP contribution in [0.1, 0.15) is 11.1 Å². The summed E-state index contributed by atoms with van der Waals surface area (Å²) < 4.78 is 11.3. The Balaban J connectivity index is 1.53. The number of benzene rings is 1. The van der Waals surface area contributed by atoms with E-state index >= 15 is 0 Å². The van der Waals surface area contributed by atoms with E-state index in [-0.39, 0.29) is 18.7 Å². The highest BCUT2D eigenvalue weighted by molar-refractivity contribution is 6.30. The molecule has 2 N–H and O–H groups in total. The first-order valence-corrected chi connectivity index (χ1v) is 9.29. The van der Waals surface area contributed by atoms with Gasteiger partial charge < -0.3 is 24.8 Å². The van der Waals surface area contributed by atoms with E-state index in [2.05, 4.69) is 5.32 Å². The van der Waals surface area contributed by atoms with E-state index in [4.69, 9.17) is 26.2 Å². The fraction of sp³-hybridized carbons (Fsp3) is 0.556. The van der Waals surface area contributed by atoms with Crippen LogP contribution in [0.5, 0.6) is 5.75 Å². The second-order valence-electron chi connectivity index (χ2n) is 6.84. The van der Waals surface area contributed by atoms with Gasteiger partial charge in [0.05, 0.1) is 25.9 Å². The highest BCUT2D eigenvalue weighted by Crippen LogP contribution is 2.32. The zero-order valence-electron chi connectivity index (χ0n) is 15.2. The van der Waals surface area contributed by atoms with Crippen molar-refractivity contribution in [1.29, 1.82) is 0 Å². The zero-order chi connectivity index (χ0) is 19.4. The summed E-state index contributed by atoms with van der Waals surface area (Å²) in [6.07, 6.45) is 0.610. The monoisotopic (exact) mass is 397 g/mol. The van der Waals surface area contributed by atoms with Gasteiger partial charge in [-0.05, 0) is 24.7 Å². The molecule has 0 spiro atoms. The first-order chi connectivity index (χ1) is 12.9. The van der Waals surface area contributed by atoms with Crippen molar-refractivity contribution in [3.8, 4) is 5.75 Å². The molecule has 1 aromatic rings. The van der Waals surface area contributed by atoms with E-state index in [0.29, 0.717) is 44.4 Å². The number of ether oxygens (including phenoxy) is 2. The van der Waals surface area contributed by atoms with Crippen LogP contribution < -0.4 is 10.1 Å². The van der Waals surface area contributed by atoms with Crippen LogP contribution in [0.4, 0.5) is 4.79 Å². The molecule has 0 aliphatic carbocycles. The van der Waals surface area contributed by atoms with E-state index in [1.54, 1.807) is 16.8 Å². The minimum absolute atomic E-state index is 0.0636. The SMILES string of the molecule is CN(CC(=O)O)CC1CN(C(=O)NCc2cc(Cl)cc3c2OCC3)CCO1. The molecule has 9 heteroatoms. The van der Waals surface area contributed by atoms with Gasteiger partial charge in [0.2, 0.25) is 0 Å². The summed E-state index contributed by atoms with van der Waals surface area (Å²) in [7, 11) is 1.72. The lowest BCUT2D eigenvalue weighted by molar-refractivity contribution is -0.138. The van der Waals surface area contributed by atoms with Crippen molar-refractivity contribution < 1.29 is 24.2 Å². The molecule has 27 heavy (non-hydrogen) atoms. The second-order valence-corrected chi connectivity index (χ2v) is 7.28. The summed E-state index contributed by atoms with van der Waals surface area (Å²) in [4.78, 5) is 26.7. The fourth-order valence-corrected chi connectivity index (χ4v) is 3.68. The van der Waals surface area contributed by atoms with Crippen LogP contribution in [0.25, 0.3) is 0 Å². The number of carbonyl (C=O) groups is 2. The van der Waals surface area contributed by atoms with Gasteiger partial charge in [0, 0.05) is 43.2 Å². The van der Waals surface area contributed by atoms with E-state index in [1.165, 1.54) is 0 Å². The minimum atomic E-state index is -0.890. The maximum Gasteiger partial charge on any atom is 0.317 e. The van der Waals surface area contributed by atoms with Crippen molar-refractivity contribution in [3.63, 3.8) is 0 Å². The average Bonchev–Trinajstić information content (AvgIpc) is 3.07. The molecule has 2 aliphatic heterocycles. The third-order valence-corrected chi connectivity index (χ3v) is 4.82. The molecular weight excluding hydrogens is 374 g/mol. The molecule has 0 saturated carbocycles. The van der Waals surface area contributed by atoms with Crippen molar-refractivity contribution in [2.75, 3.05) is 46.4 Å². The van der Waals surface area contributed by atoms with E-state index in [0.717, 1.165) is 23.3 Å². The molecule has 0 bridgehead atoms. The number of carbonyl (C=O) groups excluding carboxylic acids is 1. The molecule has 3 rings (SSSR count). The van der Waals surface area contributed by atoms with Crippen LogP contribution in [-0.2, 0) is 22.5 Å². The smallest absolute Gasteiger partial charge is 0.317 e. The molecule has 1 saturated heterocycles. The van der Waals surface area contributed by atoms with E-state index in [1.807, 2.05) is 12.1 Å². The summed E-state index contributed by atoms with van der Waals surface area (Å²) >= 11 is 6.15. The van der Waals surface area contributed by atoms with Gasteiger partial charge in [0.15, 0.2) is 0 Å². The summed E-state index contributed by atoms with van der Waals surface area (Å²) in [5.74, 6) is -0.0750. The molecule has 0 radical (unpaired) electrons. The predicted molar refractivity (Wildman–Crippen MR) is 99.3 cm³/mol. The van der Waals surface area contributed by atoms with Crippen LogP contribution in [0, 0.1) is 0 Å². The molecule has 1 atom stereocenters. The van der Waals surface area contributed by atoms with E-state index in [9.17, 15) is 9.59 Å². The van der Waals surface area contributed by atoms with Crippen molar-refractivity contribution in [2.45, 2.75) is 19.1 Å². The first-order valence-electron chi connectivity index (χ1n) is 8.91. The average molecular weight is 398 g/mol. The minimum Gasteiger partial charge on any atom is -0.493 e. The highest BCUT2D eigenvalue weighted by Gasteiger charge is 2.26. The summed E-state index contributed by atoms with van der Waals surface area (Å²) in [6.45, 7) is 2.69. The third kappa shape index (κ3) is 5.24. The number of fused-ring (bicyclic) bond motifs is 1. The van der Waals surface area contributed by atoms with Crippen LogP contribution >= 0.6 is 11.6 Å². The third-order valence-electron chi connectivity index (χ3n) is 4.60. The molecule has 1 fully saturated rings. The Hall–Kier alpha value is -2.03. The summed E-state index contributed by atoms with van der Waals surface area (Å²) in [5, 5.41) is 12.4. The number of halogens is 1. The predicted octanol–water partition coefficient (Wildman–Crippen LogP) is 1.20. The molecule has 2 heterocycles. The van der Waals surface area contributed by atoms with Gasteiger partial charge in [-0.3, -0.25) is 9.69 Å². The number of hydrogen-bond acceptors (Lipinski definition) is 5. The number of hydrogen-bond donors (Lipinski definition) is 2. The molecule has 1 aromatic carbocycles. The van der Waals surface area contributed by atoms with Crippen molar-refractivity contribution in [2.24, 2.45) is 0 Å². The maximum absolute atomic E-state index is 12.5. The normalized spacial score (nSPS) is 18.9. The van der Waals surface area contributed by atoms with Gasteiger partial charge in [-0.25, -0.2) is 4.79 Å². The number of amides is 2.